The Morgan fingerprint density at radius 2 is 2.19 bits per heavy atom. The monoisotopic (exact) mass is 236 g/mol. The van der Waals surface area contributed by atoms with E-state index in [0.717, 1.165) is 5.56 Å². The number of rotatable bonds is 2. The van der Waals surface area contributed by atoms with Crippen LogP contribution < -0.4 is 10.3 Å². The van der Waals surface area contributed by atoms with Gasteiger partial charge in [-0.2, -0.15) is 5.10 Å². The minimum Gasteiger partial charge on any atom is -0.497 e. The second-order valence-corrected chi connectivity index (χ2v) is 3.55. The summed E-state index contributed by atoms with van der Waals surface area (Å²) in [6.07, 6.45) is 0. The van der Waals surface area contributed by atoms with Crippen LogP contribution in [-0.4, -0.2) is 17.3 Å². The molecule has 2 aromatic rings. The third kappa shape index (κ3) is 2.06. The summed E-state index contributed by atoms with van der Waals surface area (Å²) in [7, 11) is 1.57. The highest BCUT2D eigenvalue weighted by Gasteiger charge is 2.05. The van der Waals surface area contributed by atoms with E-state index < -0.39 is 0 Å². The first-order valence-corrected chi connectivity index (χ1v) is 4.98. The lowest BCUT2D eigenvalue weighted by atomic mass is 10.1. The van der Waals surface area contributed by atoms with Crippen molar-refractivity contribution in [1.82, 2.24) is 10.2 Å². The summed E-state index contributed by atoms with van der Waals surface area (Å²) in [6, 6.07) is 8.71. The second-order valence-electron chi connectivity index (χ2n) is 3.17. The van der Waals surface area contributed by atoms with Crippen LogP contribution in [0, 0.1) is 0 Å². The van der Waals surface area contributed by atoms with E-state index in [4.69, 9.17) is 16.3 Å². The first-order valence-electron chi connectivity index (χ1n) is 4.60. The number of benzene rings is 1. The fourth-order valence-electron chi connectivity index (χ4n) is 1.39. The van der Waals surface area contributed by atoms with Gasteiger partial charge >= 0.3 is 0 Å². The predicted molar refractivity (Wildman–Crippen MR) is 61.9 cm³/mol. The van der Waals surface area contributed by atoms with E-state index >= 15 is 0 Å². The van der Waals surface area contributed by atoms with Gasteiger partial charge in [-0.25, -0.2) is 5.10 Å². The lowest BCUT2D eigenvalue weighted by molar-refractivity contribution is 0.415. The Hall–Kier alpha value is -1.81. The normalized spacial score (nSPS) is 10.1. The van der Waals surface area contributed by atoms with Crippen LogP contribution in [0.2, 0.25) is 5.15 Å². The quantitative estimate of drug-likeness (QED) is 0.869. The van der Waals surface area contributed by atoms with Gasteiger partial charge in [0.1, 0.15) is 10.9 Å². The molecule has 1 aromatic carbocycles. The summed E-state index contributed by atoms with van der Waals surface area (Å²) in [5, 5.41) is 6.18. The van der Waals surface area contributed by atoms with Crippen molar-refractivity contribution in [3.63, 3.8) is 0 Å². The first-order chi connectivity index (χ1) is 7.70. The number of ether oxygens (including phenoxy) is 1. The zero-order valence-corrected chi connectivity index (χ0v) is 9.28. The molecular formula is C11H9ClN2O2. The summed E-state index contributed by atoms with van der Waals surface area (Å²) >= 11 is 5.73. The van der Waals surface area contributed by atoms with Crippen LogP contribution in [0.3, 0.4) is 0 Å². The van der Waals surface area contributed by atoms with Crippen molar-refractivity contribution in [2.45, 2.75) is 0 Å². The number of aromatic nitrogens is 2. The van der Waals surface area contributed by atoms with Crippen molar-refractivity contribution in [2.24, 2.45) is 0 Å². The van der Waals surface area contributed by atoms with Crippen LogP contribution in [0.25, 0.3) is 11.1 Å². The highest BCUT2D eigenvalue weighted by atomic mass is 35.5. The summed E-state index contributed by atoms with van der Waals surface area (Å²) < 4.78 is 5.09. The van der Waals surface area contributed by atoms with Crippen LogP contribution in [0.15, 0.2) is 35.1 Å². The molecule has 0 fully saturated rings. The Kier molecular flexibility index (Phi) is 2.92. The van der Waals surface area contributed by atoms with E-state index in [9.17, 15) is 4.79 Å². The third-order valence-corrected chi connectivity index (χ3v) is 2.35. The molecule has 0 saturated heterocycles. The zero-order chi connectivity index (χ0) is 11.5. The number of hydrogen-bond donors (Lipinski definition) is 1. The molecule has 5 heteroatoms. The van der Waals surface area contributed by atoms with Crippen molar-refractivity contribution < 1.29 is 4.74 Å². The molecule has 0 radical (unpaired) electrons. The van der Waals surface area contributed by atoms with Gasteiger partial charge in [0.2, 0.25) is 0 Å². The molecule has 0 aliphatic heterocycles. The van der Waals surface area contributed by atoms with Gasteiger partial charge < -0.3 is 4.74 Å². The third-order valence-electron chi connectivity index (χ3n) is 2.15. The summed E-state index contributed by atoms with van der Waals surface area (Å²) in [6.45, 7) is 0. The SMILES string of the molecule is COc1cccc(-c2cc(Cl)n[nH]c2=O)c1. The first kappa shape index (κ1) is 10.7. The number of methoxy groups -OCH3 is 1. The van der Waals surface area contributed by atoms with Crippen molar-refractivity contribution in [3.05, 3.63) is 45.8 Å². The second kappa shape index (κ2) is 4.37. The van der Waals surface area contributed by atoms with Crippen LogP contribution in [0.4, 0.5) is 0 Å². The Labute approximate surface area is 96.8 Å². The lowest BCUT2D eigenvalue weighted by Crippen LogP contribution is -2.10. The number of aromatic amines is 1. The van der Waals surface area contributed by atoms with Gasteiger partial charge in [0.05, 0.1) is 12.7 Å². The van der Waals surface area contributed by atoms with Gasteiger partial charge in [-0.05, 0) is 23.8 Å². The molecule has 0 aliphatic carbocycles. The molecule has 1 aromatic heterocycles. The standard InChI is InChI=1S/C11H9ClN2O2/c1-16-8-4-2-3-7(5-8)9-6-10(12)13-14-11(9)15/h2-6H,1H3,(H,14,15). The molecule has 16 heavy (non-hydrogen) atoms. The highest BCUT2D eigenvalue weighted by molar-refractivity contribution is 6.29. The molecular weight excluding hydrogens is 228 g/mol. The maximum Gasteiger partial charge on any atom is 0.272 e. The van der Waals surface area contributed by atoms with Crippen LogP contribution in [0.1, 0.15) is 0 Å². The number of halogens is 1. The van der Waals surface area contributed by atoms with E-state index in [1.165, 1.54) is 6.07 Å². The molecule has 0 aliphatic rings. The number of nitrogens with zero attached hydrogens (tertiary/aromatic N) is 1. The maximum absolute atomic E-state index is 11.6. The average Bonchev–Trinajstić information content (AvgIpc) is 2.32. The topological polar surface area (TPSA) is 55.0 Å². The summed E-state index contributed by atoms with van der Waals surface area (Å²) in [5.41, 5.74) is 0.932. The minimum absolute atomic E-state index is 0.248. The van der Waals surface area contributed by atoms with Crippen molar-refractivity contribution in [2.75, 3.05) is 7.11 Å². The molecule has 0 amide bonds. The lowest BCUT2D eigenvalue weighted by Gasteiger charge is -2.03. The molecule has 0 bridgehead atoms. The van der Waals surface area contributed by atoms with E-state index in [2.05, 4.69) is 10.2 Å². The van der Waals surface area contributed by atoms with E-state index in [1.807, 2.05) is 12.1 Å². The number of hydrogen-bond acceptors (Lipinski definition) is 3. The molecule has 2 rings (SSSR count). The van der Waals surface area contributed by atoms with Crippen LogP contribution in [0.5, 0.6) is 5.75 Å². The summed E-state index contributed by atoms with van der Waals surface area (Å²) in [4.78, 5) is 11.6. The largest absolute Gasteiger partial charge is 0.497 e. The Bertz CT molecular complexity index is 566. The predicted octanol–water partition coefficient (Wildman–Crippen LogP) is 2.10. The van der Waals surface area contributed by atoms with Gasteiger partial charge in [0.25, 0.3) is 5.56 Å². The smallest absolute Gasteiger partial charge is 0.272 e. The van der Waals surface area contributed by atoms with Gasteiger partial charge in [-0.3, -0.25) is 4.79 Å². The maximum atomic E-state index is 11.6. The van der Waals surface area contributed by atoms with Crippen LogP contribution >= 0.6 is 11.6 Å². The number of H-pyrrole nitrogens is 1. The molecule has 82 valence electrons. The van der Waals surface area contributed by atoms with Crippen molar-refractivity contribution in [3.8, 4) is 16.9 Å². The van der Waals surface area contributed by atoms with Crippen LogP contribution in [-0.2, 0) is 0 Å². The minimum atomic E-state index is -0.280. The molecule has 0 unspecified atom stereocenters. The fraction of sp³-hybridized carbons (Fsp3) is 0.0909. The average molecular weight is 237 g/mol. The molecule has 1 heterocycles. The molecule has 0 spiro atoms. The van der Waals surface area contributed by atoms with Crippen molar-refractivity contribution in [1.29, 1.82) is 0 Å². The van der Waals surface area contributed by atoms with E-state index in [0.29, 0.717) is 11.3 Å². The van der Waals surface area contributed by atoms with Gasteiger partial charge in [-0.1, -0.05) is 23.7 Å². The fourth-order valence-corrected chi connectivity index (χ4v) is 1.54. The van der Waals surface area contributed by atoms with Gasteiger partial charge in [0.15, 0.2) is 0 Å². The summed E-state index contributed by atoms with van der Waals surface area (Å²) in [5.74, 6) is 0.685. The van der Waals surface area contributed by atoms with Crippen molar-refractivity contribution >= 4 is 11.6 Å². The Morgan fingerprint density at radius 1 is 1.38 bits per heavy atom. The molecule has 0 atom stereocenters. The highest BCUT2D eigenvalue weighted by Crippen LogP contribution is 2.21. The van der Waals surface area contributed by atoms with Gasteiger partial charge in [0, 0.05) is 0 Å². The zero-order valence-electron chi connectivity index (χ0n) is 8.53. The molecule has 4 nitrogen and oxygen atoms in total. The van der Waals surface area contributed by atoms with E-state index in [1.54, 1.807) is 19.2 Å². The van der Waals surface area contributed by atoms with Gasteiger partial charge in [-0.15, -0.1) is 0 Å². The Morgan fingerprint density at radius 3 is 2.94 bits per heavy atom. The molecule has 0 saturated carbocycles. The number of nitrogens with one attached hydrogen (secondary N) is 1. The molecule has 1 N–H and O–H groups in total. The Balaban J connectivity index is 2.58. The van der Waals surface area contributed by atoms with E-state index in [-0.39, 0.29) is 10.7 Å².